The van der Waals surface area contributed by atoms with E-state index in [1.165, 1.54) is 7.11 Å². The second kappa shape index (κ2) is 9.28. The Kier molecular flexibility index (Phi) is 8.48. The Morgan fingerprint density at radius 3 is 2.08 bits per heavy atom. The predicted molar refractivity (Wildman–Crippen MR) is 98.8 cm³/mol. The van der Waals surface area contributed by atoms with Gasteiger partial charge in [-0.3, -0.25) is 0 Å². The summed E-state index contributed by atoms with van der Waals surface area (Å²) in [4.78, 5) is 11.8. The van der Waals surface area contributed by atoms with Crippen molar-refractivity contribution >= 4 is 5.97 Å². The second-order valence-corrected chi connectivity index (χ2v) is 6.49. The Morgan fingerprint density at radius 1 is 1.17 bits per heavy atom. The van der Waals surface area contributed by atoms with Gasteiger partial charge in [0.1, 0.15) is 5.76 Å². The molecular weight excluding hydrogens is 304 g/mol. The van der Waals surface area contributed by atoms with Crippen LogP contribution in [-0.4, -0.2) is 29.9 Å². The lowest BCUT2D eigenvalue weighted by molar-refractivity contribution is -0.155. The molecule has 0 aromatic heterocycles. The Balaban J connectivity index is 6.05. The highest BCUT2D eigenvalue weighted by molar-refractivity contribution is 5.79. The zero-order chi connectivity index (χ0) is 19.1. The lowest BCUT2D eigenvalue weighted by Crippen LogP contribution is -2.35. The lowest BCUT2D eigenvalue weighted by atomic mass is 9.91. The van der Waals surface area contributed by atoms with Gasteiger partial charge in [-0.25, -0.2) is 4.79 Å². The quantitative estimate of drug-likeness (QED) is 0.511. The van der Waals surface area contributed by atoms with Crippen molar-refractivity contribution in [2.45, 2.75) is 53.2 Å². The average Bonchev–Trinajstić information content (AvgIpc) is 2.49. The fourth-order valence-electron chi connectivity index (χ4n) is 2.00. The molecule has 0 bridgehead atoms. The van der Waals surface area contributed by atoms with E-state index < -0.39 is 17.7 Å². The summed E-state index contributed by atoms with van der Waals surface area (Å²) in [6, 6.07) is 0. The average molecular weight is 334 g/mol. The first-order valence-corrected chi connectivity index (χ1v) is 7.79. The molecule has 0 radical (unpaired) electrons. The number of hydrogen-bond donors (Lipinski definition) is 1. The van der Waals surface area contributed by atoms with Crippen LogP contribution in [0, 0.1) is 0 Å². The number of carboxylic acids is 1. The first kappa shape index (κ1) is 21.9. The smallest absolute Gasteiger partial charge is 0.337 e. The molecule has 1 atom stereocenters. The summed E-state index contributed by atoms with van der Waals surface area (Å²) in [6.07, 6.45) is 4.23. The van der Waals surface area contributed by atoms with Crippen molar-refractivity contribution in [1.82, 2.24) is 0 Å². The fourth-order valence-corrected chi connectivity index (χ4v) is 2.00. The van der Waals surface area contributed by atoms with Gasteiger partial charge in [0.05, 0.1) is 12.7 Å². The molecule has 0 aromatic carbocycles. The zero-order valence-electron chi connectivity index (χ0n) is 15.9. The number of allylic oxidation sites excluding steroid dienone is 5. The summed E-state index contributed by atoms with van der Waals surface area (Å²) in [5.41, 5.74) is 2.28. The molecule has 4 nitrogen and oxygen atoms in total. The van der Waals surface area contributed by atoms with E-state index in [0.717, 1.165) is 11.1 Å². The summed E-state index contributed by atoms with van der Waals surface area (Å²) >= 11 is 0. The largest absolute Gasteiger partial charge is 0.497 e. The normalized spacial score (nSPS) is 15.0. The van der Waals surface area contributed by atoms with E-state index in [0.29, 0.717) is 16.9 Å². The van der Waals surface area contributed by atoms with E-state index in [1.54, 1.807) is 12.2 Å². The van der Waals surface area contributed by atoms with Crippen LogP contribution in [0.2, 0.25) is 0 Å². The second-order valence-electron chi connectivity index (χ2n) is 6.49. The van der Waals surface area contributed by atoms with Crippen molar-refractivity contribution in [3.05, 3.63) is 59.4 Å². The van der Waals surface area contributed by atoms with Gasteiger partial charge in [0.2, 0.25) is 0 Å². The van der Waals surface area contributed by atoms with Crippen molar-refractivity contribution in [2.24, 2.45) is 0 Å². The van der Waals surface area contributed by atoms with Gasteiger partial charge < -0.3 is 14.6 Å². The maximum absolute atomic E-state index is 11.8. The van der Waals surface area contributed by atoms with Gasteiger partial charge in [0, 0.05) is 0 Å². The third-order valence-electron chi connectivity index (χ3n) is 3.43. The lowest BCUT2D eigenvalue weighted by Gasteiger charge is -2.28. The van der Waals surface area contributed by atoms with Crippen LogP contribution in [0.25, 0.3) is 0 Å². The van der Waals surface area contributed by atoms with Crippen LogP contribution in [-0.2, 0) is 14.3 Å². The first-order valence-electron chi connectivity index (χ1n) is 7.79. The van der Waals surface area contributed by atoms with Crippen LogP contribution >= 0.6 is 0 Å². The molecular formula is C20H30O4. The van der Waals surface area contributed by atoms with Crippen LogP contribution in [0.5, 0.6) is 0 Å². The highest BCUT2D eigenvalue weighted by Gasteiger charge is 2.30. The Morgan fingerprint density at radius 2 is 1.71 bits per heavy atom. The van der Waals surface area contributed by atoms with Crippen LogP contribution in [0.3, 0.4) is 0 Å². The predicted octanol–water partition coefficient (Wildman–Crippen LogP) is 4.81. The van der Waals surface area contributed by atoms with E-state index in [9.17, 15) is 9.90 Å². The number of aliphatic carboxylic acids is 1. The molecule has 0 amide bonds. The summed E-state index contributed by atoms with van der Waals surface area (Å²) in [7, 11) is 1.53. The van der Waals surface area contributed by atoms with Gasteiger partial charge in [0.25, 0.3) is 0 Å². The van der Waals surface area contributed by atoms with Gasteiger partial charge in [0.15, 0.2) is 6.10 Å². The van der Waals surface area contributed by atoms with Crippen molar-refractivity contribution in [2.75, 3.05) is 7.11 Å². The molecule has 0 aliphatic rings. The molecule has 0 heterocycles. The zero-order valence-corrected chi connectivity index (χ0v) is 15.9. The SMILES string of the molecule is C=C(C=CC(=C)C(C)=C(C(C)=CC)C(OC(C)(C)C)C(=O)O)OC. The molecule has 0 spiro atoms. The van der Waals surface area contributed by atoms with E-state index in [-0.39, 0.29) is 0 Å². The van der Waals surface area contributed by atoms with Crippen molar-refractivity contribution in [3.63, 3.8) is 0 Å². The van der Waals surface area contributed by atoms with Crippen LogP contribution in [0.1, 0.15) is 41.5 Å². The first-order chi connectivity index (χ1) is 10.9. The summed E-state index contributed by atoms with van der Waals surface area (Å²) in [6.45, 7) is 18.8. The summed E-state index contributed by atoms with van der Waals surface area (Å²) < 4.78 is 10.8. The summed E-state index contributed by atoms with van der Waals surface area (Å²) in [5.74, 6) is -0.535. The number of methoxy groups -OCH3 is 1. The number of rotatable bonds is 8. The third kappa shape index (κ3) is 7.01. The highest BCUT2D eigenvalue weighted by atomic mass is 16.5. The van der Waals surface area contributed by atoms with E-state index in [2.05, 4.69) is 13.2 Å². The highest BCUT2D eigenvalue weighted by Crippen LogP contribution is 2.28. The monoisotopic (exact) mass is 334 g/mol. The molecule has 0 aromatic rings. The molecule has 134 valence electrons. The van der Waals surface area contributed by atoms with E-state index >= 15 is 0 Å². The van der Waals surface area contributed by atoms with Crippen LogP contribution in [0.4, 0.5) is 0 Å². The topological polar surface area (TPSA) is 55.8 Å². The standard InChI is InChI=1S/C20H30O4/c1-10-13(2)17(18(19(21)22)24-20(6,7)8)16(5)14(3)11-12-15(4)23-9/h10-12,18H,3-4H2,1-2,5-9H3,(H,21,22). The number of hydrogen-bond acceptors (Lipinski definition) is 3. The molecule has 1 N–H and O–H groups in total. The Hall–Kier alpha value is -2.07. The van der Waals surface area contributed by atoms with Gasteiger partial charge >= 0.3 is 5.97 Å². The molecule has 0 saturated heterocycles. The molecule has 0 saturated carbocycles. The molecule has 0 aliphatic carbocycles. The number of ether oxygens (including phenoxy) is 2. The molecule has 0 rings (SSSR count). The Bertz CT molecular complexity index is 583. The van der Waals surface area contributed by atoms with Crippen LogP contribution in [0.15, 0.2) is 59.4 Å². The maximum Gasteiger partial charge on any atom is 0.337 e. The molecule has 0 aliphatic heterocycles. The van der Waals surface area contributed by atoms with Gasteiger partial charge in [-0.05, 0) is 69.9 Å². The Labute approximate surface area is 145 Å². The van der Waals surface area contributed by atoms with E-state index in [4.69, 9.17) is 9.47 Å². The van der Waals surface area contributed by atoms with Crippen molar-refractivity contribution < 1.29 is 19.4 Å². The van der Waals surface area contributed by atoms with Gasteiger partial charge in [-0.2, -0.15) is 0 Å². The minimum absolute atomic E-state index is 0.494. The van der Waals surface area contributed by atoms with Gasteiger partial charge in [-0.1, -0.05) is 25.3 Å². The fraction of sp³-hybridized carbons (Fsp3) is 0.450. The molecule has 24 heavy (non-hydrogen) atoms. The van der Waals surface area contributed by atoms with Crippen molar-refractivity contribution in [3.8, 4) is 0 Å². The molecule has 1 unspecified atom stereocenters. The molecule has 4 heteroatoms. The third-order valence-corrected chi connectivity index (χ3v) is 3.43. The number of carbonyl (C=O) groups is 1. The minimum atomic E-state index is -1.07. The molecule has 0 fully saturated rings. The van der Waals surface area contributed by atoms with Crippen molar-refractivity contribution in [1.29, 1.82) is 0 Å². The minimum Gasteiger partial charge on any atom is -0.497 e. The van der Waals surface area contributed by atoms with Crippen LogP contribution < -0.4 is 0 Å². The number of carboxylic acid groups (broad SMARTS) is 1. The van der Waals surface area contributed by atoms with E-state index in [1.807, 2.05) is 47.6 Å². The summed E-state index contributed by atoms with van der Waals surface area (Å²) in [5, 5.41) is 9.67. The maximum atomic E-state index is 11.8. The van der Waals surface area contributed by atoms with Gasteiger partial charge in [-0.15, -0.1) is 0 Å².